The summed E-state index contributed by atoms with van der Waals surface area (Å²) in [7, 11) is 0. The summed E-state index contributed by atoms with van der Waals surface area (Å²) in [5.41, 5.74) is 3.72. The highest BCUT2D eigenvalue weighted by atomic mass is 32.1. The lowest BCUT2D eigenvalue weighted by Gasteiger charge is -2.15. The summed E-state index contributed by atoms with van der Waals surface area (Å²) in [5, 5.41) is 12.1. The van der Waals surface area contributed by atoms with Crippen LogP contribution in [-0.2, 0) is 6.54 Å². The molecule has 3 nitrogen and oxygen atoms in total. The molecule has 0 aliphatic rings. The normalized spacial score (nSPS) is 12.2. The topological polar surface area (TPSA) is 29.9 Å². The van der Waals surface area contributed by atoms with Crippen molar-refractivity contribution in [3.8, 4) is 0 Å². The summed E-state index contributed by atoms with van der Waals surface area (Å²) in [6.07, 6.45) is 3.79. The molecule has 0 saturated heterocycles. The summed E-state index contributed by atoms with van der Waals surface area (Å²) >= 11 is 1.73. The first kappa shape index (κ1) is 12.9. The molecule has 20 heavy (non-hydrogen) atoms. The molecule has 1 atom stereocenters. The fraction of sp³-hybridized carbons (Fsp3) is 0.188. The van der Waals surface area contributed by atoms with Gasteiger partial charge in [0.05, 0.1) is 6.54 Å². The Morgan fingerprint density at radius 1 is 1.30 bits per heavy atom. The molecule has 0 fully saturated rings. The zero-order chi connectivity index (χ0) is 13.8. The molecule has 0 bridgehead atoms. The number of aromatic nitrogens is 2. The second-order valence-electron chi connectivity index (χ2n) is 4.83. The van der Waals surface area contributed by atoms with E-state index in [1.807, 2.05) is 16.9 Å². The van der Waals surface area contributed by atoms with E-state index in [-0.39, 0.29) is 0 Å². The highest BCUT2D eigenvalue weighted by molar-refractivity contribution is 7.07. The van der Waals surface area contributed by atoms with E-state index in [1.54, 1.807) is 17.5 Å². The van der Waals surface area contributed by atoms with Gasteiger partial charge < -0.3 is 5.32 Å². The van der Waals surface area contributed by atoms with Gasteiger partial charge in [0.1, 0.15) is 0 Å². The Bertz CT molecular complexity index is 644. The molecule has 2 aromatic heterocycles. The quantitative estimate of drug-likeness (QED) is 0.761. The monoisotopic (exact) mass is 283 g/mol. The molecule has 3 rings (SSSR count). The maximum Gasteiger partial charge on any atom is 0.0660 e. The average molecular weight is 283 g/mol. The minimum Gasteiger partial charge on any atom is -0.378 e. The standard InChI is InChI=1S/C16H17N3S/c1-13(15-6-9-20-12-15)18-16-5-2-4-14(10-16)11-19-8-3-7-17-19/h2-10,12-13,18H,11H2,1H3. The van der Waals surface area contributed by atoms with Crippen molar-refractivity contribution in [1.29, 1.82) is 0 Å². The second-order valence-corrected chi connectivity index (χ2v) is 5.61. The maximum absolute atomic E-state index is 4.24. The molecule has 102 valence electrons. The molecular weight excluding hydrogens is 266 g/mol. The van der Waals surface area contributed by atoms with Crippen molar-refractivity contribution in [3.05, 3.63) is 70.7 Å². The molecule has 0 aliphatic carbocycles. The number of benzene rings is 1. The van der Waals surface area contributed by atoms with E-state index in [4.69, 9.17) is 0 Å². The Balaban J connectivity index is 1.71. The van der Waals surface area contributed by atoms with E-state index in [9.17, 15) is 0 Å². The third-order valence-corrected chi connectivity index (χ3v) is 3.96. The predicted molar refractivity (Wildman–Crippen MR) is 84.1 cm³/mol. The van der Waals surface area contributed by atoms with Gasteiger partial charge in [-0.05, 0) is 53.1 Å². The second kappa shape index (κ2) is 5.92. The number of anilines is 1. The van der Waals surface area contributed by atoms with Gasteiger partial charge in [-0.15, -0.1) is 0 Å². The third kappa shape index (κ3) is 3.08. The van der Waals surface area contributed by atoms with E-state index in [1.165, 1.54) is 11.1 Å². The average Bonchev–Trinajstić information content (AvgIpc) is 3.12. The van der Waals surface area contributed by atoms with E-state index in [2.05, 4.69) is 58.4 Å². The van der Waals surface area contributed by atoms with Crippen LogP contribution in [0.25, 0.3) is 0 Å². The first-order chi connectivity index (χ1) is 9.81. The van der Waals surface area contributed by atoms with Crippen molar-refractivity contribution in [3.63, 3.8) is 0 Å². The van der Waals surface area contributed by atoms with Gasteiger partial charge in [0.15, 0.2) is 0 Å². The predicted octanol–water partition coefficient (Wildman–Crippen LogP) is 4.17. The SMILES string of the molecule is CC(Nc1cccc(Cn2cccn2)c1)c1ccsc1. The minimum absolute atomic E-state index is 0.321. The van der Waals surface area contributed by atoms with Gasteiger partial charge >= 0.3 is 0 Å². The fourth-order valence-corrected chi connectivity index (χ4v) is 2.95. The van der Waals surface area contributed by atoms with Gasteiger partial charge in [-0.3, -0.25) is 4.68 Å². The van der Waals surface area contributed by atoms with Crippen molar-refractivity contribution < 1.29 is 0 Å². The highest BCUT2D eigenvalue weighted by Crippen LogP contribution is 2.22. The van der Waals surface area contributed by atoms with Crippen molar-refractivity contribution >= 4 is 17.0 Å². The number of thiophene rings is 1. The molecule has 0 radical (unpaired) electrons. The van der Waals surface area contributed by atoms with Crippen LogP contribution in [0.5, 0.6) is 0 Å². The molecule has 4 heteroatoms. The van der Waals surface area contributed by atoms with Crippen LogP contribution >= 0.6 is 11.3 Å². The summed E-state index contributed by atoms with van der Waals surface area (Å²) < 4.78 is 1.93. The summed E-state index contributed by atoms with van der Waals surface area (Å²) in [6.45, 7) is 2.98. The van der Waals surface area contributed by atoms with Crippen LogP contribution in [0.1, 0.15) is 24.1 Å². The van der Waals surface area contributed by atoms with Crippen molar-refractivity contribution in [2.45, 2.75) is 19.5 Å². The van der Waals surface area contributed by atoms with Gasteiger partial charge in [-0.25, -0.2) is 0 Å². The van der Waals surface area contributed by atoms with Gasteiger partial charge in [0.2, 0.25) is 0 Å². The molecule has 0 saturated carbocycles. The van der Waals surface area contributed by atoms with Gasteiger partial charge in [-0.2, -0.15) is 16.4 Å². The van der Waals surface area contributed by atoms with Crippen LogP contribution in [0.3, 0.4) is 0 Å². The van der Waals surface area contributed by atoms with E-state index >= 15 is 0 Å². The van der Waals surface area contributed by atoms with Crippen LogP contribution in [-0.4, -0.2) is 9.78 Å². The van der Waals surface area contributed by atoms with Gasteiger partial charge in [0, 0.05) is 24.1 Å². The van der Waals surface area contributed by atoms with Gasteiger partial charge in [0.25, 0.3) is 0 Å². The number of rotatable bonds is 5. The van der Waals surface area contributed by atoms with E-state index < -0.39 is 0 Å². The number of hydrogen-bond donors (Lipinski definition) is 1. The van der Waals surface area contributed by atoms with E-state index in [0.29, 0.717) is 6.04 Å². The number of hydrogen-bond acceptors (Lipinski definition) is 3. The molecule has 3 aromatic rings. The lowest BCUT2D eigenvalue weighted by atomic mass is 10.1. The lowest BCUT2D eigenvalue weighted by molar-refractivity contribution is 0.687. The smallest absolute Gasteiger partial charge is 0.0660 e. The van der Waals surface area contributed by atoms with Crippen molar-refractivity contribution in [1.82, 2.24) is 9.78 Å². The van der Waals surface area contributed by atoms with Crippen LogP contribution in [0, 0.1) is 0 Å². The molecule has 0 amide bonds. The maximum atomic E-state index is 4.24. The Labute approximate surface area is 122 Å². The summed E-state index contributed by atoms with van der Waals surface area (Å²) in [6, 6.07) is 12.9. The van der Waals surface area contributed by atoms with E-state index in [0.717, 1.165) is 12.2 Å². The Morgan fingerprint density at radius 2 is 2.25 bits per heavy atom. The molecule has 0 spiro atoms. The van der Waals surface area contributed by atoms with Crippen LogP contribution < -0.4 is 5.32 Å². The number of nitrogens with one attached hydrogen (secondary N) is 1. The Morgan fingerprint density at radius 3 is 3.00 bits per heavy atom. The lowest BCUT2D eigenvalue weighted by Crippen LogP contribution is -2.06. The molecule has 1 N–H and O–H groups in total. The first-order valence-corrected chi connectivity index (χ1v) is 7.60. The first-order valence-electron chi connectivity index (χ1n) is 6.66. The molecule has 1 aromatic carbocycles. The Hall–Kier alpha value is -2.07. The molecular formula is C16H17N3S. The Kier molecular flexibility index (Phi) is 3.83. The largest absolute Gasteiger partial charge is 0.378 e. The van der Waals surface area contributed by atoms with Crippen molar-refractivity contribution in [2.75, 3.05) is 5.32 Å². The summed E-state index contributed by atoms with van der Waals surface area (Å²) in [4.78, 5) is 0. The summed E-state index contributed by atoms with van der Waals surface area (Å²) in [5.74, 6) is 0. The molecule has 0 aliphatic heterocycles. The van der Waals surface area contributed by atoms with Crippen LogP contribution in [0.4, 0.5) is 5.69 Å². The third-order valence-electron chi connectivity index (χ3n) is 3.26. The minimum atomic E-state index is 0.321. The van der Waals surface area contributed by atoms with Crippen LogP contribution in [0.2, 0.25) is 0 Å². The van der Waals surface area contributed by atoms with Gasteiger partial charge in [-0.1, -0.05) is 12.1 Å². The van der Waals surface area contributed by atoms with Crippen LogP contribution in [0.15, 0.2) is 59.6 Å². The van der Waals surface area contributed by atoms with Crippen molar-refractivity contribution in [2.24, 2.45) is 0 Å². The molecule has 2 heterocycles. The fourth-order valence-electron chi connectivity index (χ4n) is 2.20. The molecule has 1 unspecified atom stereocenters. The highest BCUT2D eigenvalue weighted by Gasteiger charge is 2.06. The zero-order valence-corrected chi connectivity index (χ0v) is 12.2. The number of nitrogens with zero attached hydrogens (tertiary/aromatic N) is 2. The zero-order valence-electron chi connectivity index (χ0n) is 11.4.